The lowest BCUT2D eigenvalue weighted by Gasteiger charge is -2.15. The Morgan fingerprint density at radius 1 is 1.32 bits per heavy atom. The van der Waals surface area contributed by atoms with Gasteiger partial charge in [0.2, 0.25) is 5.91 Å². The van der Waals surface area contributed by atoms with E-state index in [0.717, 1.165) is 16.5 Å². The van der Waals surface area contributed by atoms with Crippen molar-refractivity contribution in [1.29, 1.82) is 0 Å². The molecule has 0 aliphatic heterocycles. The van der Waals surface area contributed by atoms with Crippen molar-refractivity contribution in [2.75, 3.05) is 6.54 Å². The third kappa shape index (κ3) is 3.50. The van der Waals surface area contributed by atoms with E-state index < -0.39 is 0 Å². The van der Waals surface area contributed by atoms with E-state index in [9.17, 15) is 4.79 Å². The molecule has 1 aromatic carbocycles. The largest absolute Gasteiger partial charge is 0.489 e. The Morgan fingerprint density at radius 2 is 2.00 bits per heavy atom. The number of rotatable bonds is 5. The highest BCUT2D eigenvalue weighted by Gasteiger charge is 2.18. The molecule has 0 bridgehead atoms. The van der Waals surface area contributed by atoms with Gasteiger partial charge in [-0.3, -0.25) is 4.79 Å². The molecule has 0 saturated carbocycles. The molecule has 22 heavy (non-hydrogen) atoms. The number of carbonyl (C=O) groups excluding carboxylic acids is 1. The molecule has 0 aliphatic carbocycles. The van der Waals surface area contributed by atoms with Crippen LogP contribution in [-0.2, 0) is 4.79 Å². The van der Waals surface area contributed by atoms with Crippen molar-refractivity contribution in [3.05, 3.63) is 27.9 Å². The summed E-state index contributed by atoms with van der Waals surface area (Å²) in [6.45, 7) is 7.98. The van der Waals surface area contributed by atoms with E-state index in [2.05, 4.69) is 10.3 Å². The minimum atomic E-state index is -0.0448. The quantitative estimate of drug-likeness (QED) is 0.840. The van der Waals surface area contributed by atoms with Gasteiger partial charge in [0.1, 0.15) is 10.8 Å². The van der Waals surface area contributed by atoms with E-state index in [-0.39, 0.29) is 17.9 Å². The Bertz CT molecular complexity index is 695. The van der Waals surface area contributed by atoms with Crippen molar-refractivity contribution in [3.63, 3.8) is 0 Å². The summed E-state index contributed by atoms with van der Waals surface area (Å²) >= 11 is 12.6. The predicted molar refractivity (Wildman–Crippen MR) is 91.2 cm³/mol. The number of carbonyl (C=O) groups is 1. The van der Waals surface area contributed by atoms with Crippen LogP contribution in [0.2, 0.25) is 10.0 Å². The van der Waals surface area contributed by atoms with Crippen LogP contribution < -0.4 is 10.1 Å². The van der Waals surface area contributed by atoms with Crippen LogP contribution in [0.4, 0.5) is 0 Å². The molecule has 1 amide bonds. The SMILES string of the molecule is CC(=O)NCC(C)c1c[nH]c2c(Cl)c(Cl)c(OC(C)C)cc12. The first-order valence-electron chi connectivity index (χ1n) is 7.21. The summed E-state index contributed by atoms with van der Waals surface area (Å²) in [5.41, 5.74) is 1.85. The molecule has 1 heterocycles. The number of hydrogen-bond acceptors (Lipinski definition) is 2. The molecular weight excluding hydrogens is 323 g/mol. The van der Waals surface area contributed by atoms with E-state index in [1.165, 1.54) is 6.92 Å². The van der Waals surface area contributed by atoms with E-state index in [1.54, 1.807) is 0 Å². The van der Waals surface area contributed by atoms with E-state index in [0.29, 0.717) is 22.3 Å². The van der Waals surface area contributed by atoms with Crippen molar-refractivity contribution < 1.29 is 9.53 Å². The molecule has 6 heteroatoms. The smallest absolute Gasteiger partial charge is 0.216 e. The van der Waals surface area contributed by atoms with Crippen molar-refractivity contribution in [1.82, 2.24) is 10.3 Å². The topological polar surface area (TPSA) is 54.1 Å². The fourth-order valence-electron chi connectivity index (χ4n) is 2.35. The van der Waals surface area contributed by atoms with Crippen LogP contribution in [0.5, 0.6) is 5.75 Å². The number of hydrogen-bond donors (Lipinski definition) is 2. The highest BCUT2D eigenvalue weighted by molar-refractivity contribution is 6.46. The number of halogens is 2. The lowest BCUT2D eigenvalue weighted by atomic mass is 10.0. The number of aromatic nitrogens is 1. The Hall–Kier alpha value is -1.39. The van der Waals surface area contributed by atoms with Crippen LogP contribution in [0, 0.1) is 0 Å². The predicted octanol–water partition coefficient (Wildman–Crippen LogP) is 4.50. The molecule has 4 nitrogen and oxygen atoms in total. The van der Waals surface area contributed by atoms with Gasteiger partial charge in [0.25, 0.3) is 0 Å². The zero-order valence-electron chi connectivity index (χ0n) is 13.1. The summed E-state index contributed by atoms with van der Waals surface area (Å²) in [6.07, 6.45) is 1.91. The maximum atomic E-state index is 11.1. The van der Waals surface area contributed by atoms with Crippen molar-refractivity contribution >= 4 is 40.0 Å². The van der Waals surface area contributed by atoms with Crippen molar-refractivity contribution in [2.45, 2.75) is 39.7 Å². The van der Waals surface area contributed by atoms with Gasteiger partial charge in [-0.15, -0.1) is 0 Å². The van der Waals surface area contributed by atoms with Gasteiger partial charge >= 0.3 is 0 Å². The van der Waals surface area contributed by atoms with Gasteiger partial charge in [-0.2, -0.15) is 0 Å². The molecule has 2 rings (SSSR count). The highest BCUT2D eigenvalue weighted by Crippen LogP contribution is 2.41. The third-order valence-electron chi connectivity index (χ3n) is 3.41. The van der Waals surface area contributed by atoms with Crippen LogP contribution in [0.3, 0.4) is 0 Å². The fourth-order valence-corrected chi connectivity index (χ4v) is 2.80. The second kappa shape index (κ2) is 6.80. The van der Waals surface area contributed by atoms with E-state index in [4.69, 9.17) is 27.9 Å². The lowest BCUT2D eigenvalue weighted by molar-refractivity contribution is -0.119. The highest BCUT2D eigenvalue weighted by atomic mass is 35.5. The molecule has 0 radical (unpaired) electrons. The third-order valence-corrected chi connectivity index (χ3v) is 4.26. The Kier molecular flexibility index (Phi) is 5.24. The number of fused-ring (bicyclic) bond motifs is 1. The summed E-state index contributed by atoms with van der Waals surface area (Å²) in [6, 6.07) is 1.90. The maximum Gasteiger partial charge on any atom is 0.216 e. The Balaban J connectivity index is 2.44. The molecule has 1 aromatic heterocycles. The first kappa shape index (κ1) is 17.0. The number of amides is 1. The monoisotopic (exact) mass is 342 g/mol. The molecule has 2 aromatic rings. The maximum absolute atomic E-state index is 11.1. The van der Waals surface area contributed by atoms with Crippen LogP contribution in [-0.4, -0.2) is 23.5 Å². The number of ether oxygens (including phenoxy) is 1. The molecule has 120 valence electrons. The van der Waals surface area contributed by atoms with Gasteiger partial charge < -0.3 is 15.0 Å². The van der Waals surface area contributed by atoms with E-state index in [1.807, 2.05) is 33.0 Å². The number of H-pyrrole nitrogens is 1. The number of benzene rings is 1. The minimum Gasteiger partial charge on any atom is -0.489 e. The van der Waals surface area contributed by atoms with Gasteiger partial charge in [0.05, 0.1) is 16.6 Å². The molecule has 1 atom stereocenters. The summed E-state index contributed by atoms with van der Waals surface area (Å²) < 4.78 is 5.74. The molecule has 2 N–H and O–H groups in total. The molecular formula is C16H20Cl2N2O2. The van der Waals surface area contributed by atoms with Crippen LogP contribution >= 0.6 is 23.2 Å². The standard InChI is InChI=1S/C16H20Cl2N2O2/c1-8(2)22-13-5-11-12(9(3)6-19-10(4)21)7-20-16(11)15(18)14(13)17/h5,7-9,20H,6H2,1-4H3,(H,19,21). The number of nitrogens with one attached hydrogen (secondary N) is 2. The van der Waals surface area contributed by atoms with Gasteiger partial charge in [0, 0.05) is 31.0 Å². The first-order chi connectivity index (χ1) is 10.3. The summed E-state index contributed by atoms with van der Waals surface area (Å²) in [4.78, 5) is 14.2. The summed E-state index contributed by atoms with van der Waals surface area (Å²) in [5.74, 6) is 0.667. The van der Waals surface area contributed by atoms with Crippen molar-refractivity contribution in [3.8, 4) is 5.75 Å². The molecule has 0 saturated heterocycles. The minimum absolute atomic E-state index is 0.00483. The average molecular weight is 343 g/mol. The van der Waals surface area contributed by atoms with Crippen LogP contribution in [0.25, 0.3) is 10.9 Å². The van der Waals surface area contributed by atoms with Crippen LogP contribution in [0.1, 0.15) is 39.2 Å². The Morgan fingerprint density at radius 3 is 2.59 bits per heavy atom. The fraction of sp³-hybridized carbons (Fsp3) is 0.438. The lowest BCUT2D eigenvalue weighted by Crippen LogP contribution is -2.24. The van der Waals surface area contributed by atoms with Crippen LogP contribution in [0.15, 0.2) is 12.3 Å². The van der Waals surface area contributed by atoms with Gasteiger partial charge in [-0.25, -0.2) is 0 Å². The summed E-state index contributed by atoms with van der Waals surface area (Å²) in [5, 5.41) is 4.65. The second-order valence-corrected chi connectivity index (χ2v) is 6.43. The second-order valence-electron chi connectivity index (χ2n) is 5.67. The molecule has 1 unspecified atom stereocenters. The average Bonchev–Trinajstić information content (AvgIpc) is 2.85. The van der Waals surface area contributed by atoms with Gasteiger partial charge in [0.15, 0.2) is 0 Å². The molecule has 0 fully saturated rings. The molecule has 0 spiro atoms. The zero-order valence-corrected chi connectivity index (χ0v) is 14.6. The normalized spacial score (nSPS) is 12.7. The van der Waals surface area contributed by atoms with E-state index >= 15 is 0 Å². The zero-order chi connectivity index (χ0) is 16.4. The first-order valence-corrected chi connectivity index (χ1v) is 7.97. The molecule has 0 aliphatic rings. The number of aromatic amines is 1. The summed E-state index contributed by atoms with van der Waals surface area (Å²) in [7, 11) is 0. The van der Waals surface area contributed by atoms with Gasteiger partial charge in [-0.05, 0) is 25.5 Å². The van der Waals surface area contributed by atoms with Gasteiger partial charge in [-0.1, -0.05) is 30.1 Å². The Labute approximate surface area is 140 Å². The van der Waals surface area contributed by atoms with Crippen molar-refractivity contribution in [2.24, 2.45) is 0 Å².